The second-order valence-corrected chi connectivity index (χ2v) is 9.70. The van der Waals surface area contributed by atoms with Crippen LogP contribution < -0.4 is 14.8 Å². The molecule has 3 aromatic carbocycles. The highest BCUT2D eigenvalue weighted by molar-refractivity contribution is 5.90. The third-order valence-corrected chi connectivity index (χ3v) is 6.53. The zero-order chi connectivity index (χ0) is 27.8. The Morgan fingerprint density at radius 1 is 0.949 bits per heavy atom. The molecular weight excluding hydrogens is 494 g/mol. The molecule has 9 heteroatoms. The summed E-state index contributed by atoms with van der Waals surface area (Å²) in [4.78, 5) is 29.6. The van der Waals surface area contributed by atoms with E-state index < -0.39 is 6.04 Å². The van der Waals surface area contributed by atoms with Gasteiger partial charge in [0.05, 0.1) is 19.7 Å². The first-order valence-electron chi connectivity index (χ1n) is 13.0. The maximum absolute atomic E-state index is 14.1. The number of nitrogens with zero attached hydrogens (tertiary/aromatic N) is 4. The van der Waals surface area contributed by atoms with Crippen molar-refractivity contribution in [3.05, 3.63) is 83.9 Å². The molecule has 1 aromatic heterocycles. The van der Waals surface area contributed by atoms with Gasteiger partial charge in [0, 0.05) is 18.7 Å². The Bertz CT molecular complexity index is 1400. The molecular formula is C30H35N5O4. The zero-order valence-electron chi connectivity index (χ0n) is 22.8. The Kier molecular flexibility index (Phi) is 9.14. The van der Waals surface area contributed by atoms with Crippen molar-refractivity contribution in [3.63, 3.8) is 0 Å². The van der Waals surface area contributed by atoms with E-state index in [1.54, 1.807) is 34.9 Å². The van der Waals surface area contributed by atoms with Crippen LogP contribution in [0.15, 0.2) is 72.8 Å². The van der Waals surface area contributed by atoms with E-state index in [-0.39, 0.29) is 24.9 Å². The average molecular weight is 530 g/mol. The summed E-state index contributed by atoms with van der Waals surface area (Å²) in [5.74, 6) is 0.710. The molecule has 0 saturated carbocycles. The molecule has 4 aromatic rings. The van der Waals surface area contributed by atoms with Gasteiger partial charge in [-0.25, -0.2) is 4.68 Å². The van der Waals surface area contributed by atoms with Crippen LogP contribution in [0.3, 0.4) is 0 Å². The van der Waals surface area contributed by atoms with Gasteiger partial charge < -0.3 is 19.7 Å². The third-order valence-electron chi connectivity index (χ3n) is 6.53. The molecule has 0 aliphatic rings. The minimum Gasteiger partial charge on any atom is -0.493 e. The lowest BCUT2D eigenvalue weighted by atomic mass is 10.0. The maximum Gasteiger partial charge on any atom is 0.247 e. The molecule has 0 radical (unpaired) electrons. The van der Waals surface area contributed by atoms with Gasteiger partial charge in [-0.15, -0.1) is 5.10 Å². The van der Waals surface area contributed by atoms with Crippen molar-refractivity contribution in [1.82, 2.24) is 25.2 Å². The summed E-state index contributed by atoms with van der Waals surface area (Å²) >= 11 is 0. The van der Waals surface area contributed by atoms with E-state index in [1.165, 1.54) is 7.11 Å². The molecule has 0 saturated heterocycles. The van der Waals surface area contributed by atoms with Gasteiger partial charge in [-0.05, 0) is 36.1 Å². The van der Waals surface area contributed by atoms with Crippen molar-refractivity contribution in [2.75, 3.05) is 20.8 Å². The summed E-state index contributed by atoms with van der Waals surface area (Å²) < 4.78 is 12.8. The fourth-order valence-corrected chi connectivity index (χ4v) is 4.52. The largest absolute Gasteiger partial charge is 0.493 e. The van der Waals surface area contributed by atoms with E-state index in [0.29, 0.717) is 35.0 Å². The summed E-state index contributed by atoms with van der Waals surface area (Å²) in [6.07, 6.45) is 0.811. The highest BCUT2D eigenvalue weighted by Gasteiger charge is 2.35. The van der Waals surface area contributed by atoms with Crippen LogP contribution in [0.1, 0.15) is 37.4 Å². The van der Waals surface area contributed by atoms with E-state index >= 15 is 0 Å². The number of carbonyl (C=O) groups excluding carboxylic acids is 2. The predicted octanol–water partition coefficient (Wildman–Crippen LogP) is 4.38. The SMILES string of the molecule is COc1cccc([C@@H](C(=O)NCCC(C)C)N(Cc2ccccc2)C(=O)Cn2nnc3ccccc32)c1OC. The Labute approximate surface area is 228 Å². The number of hydrogen-bond donors (Lipinski definition) is 1. The van der Waals surface area contributed by atoms with Crippen LogP contribution in [-0.4, -0.2) is 52.5 Å². The molecule has 0 unspecified atom stereocenters. The number of benzene rings is 3. The van der Waals surface area contributed by atoms with Crippen molar-refractivity contribution >= 4 is 22.8 Å². The van der Waals surface area contributed by atoms with Gasteiger partial charge in [0.1, 0.15) is 18.1 Å². The van der Waals surface area contributed by atoms with E-state index in [0.717, 1.165) is 17.5 Å². The van der Waals surface area contributed by atoms with Crippen LogP contribution >= 0.6 is 0 Å². The molecule has 2 amide bonds. The molecule has 1 atom stereocenters. The third kappa shape index (κ3) is 6.54. The van der Waals surface area contributed by atoms with Crippen LogP contribution in [0.2, 0.25) is 0 Å². The lowest BCUT2D eigenvalue weighted by Crippen LogP contribution is -2.45. The molecule has 0 aliphatic heterocycles. The van der Waals surface area contributed by atoms with Gasteiger partial charge in [-0.3, -0.25) is 9.59 Å². The lowest BCUT2D eigenvalue weighted by molar-refractivity contribution is -0.142. The quantitative estimate of drug-likeness (QED) is 0.292. The number of methoxy groups -OCH3 is 2. The highest BCUT2D eigenvalue weighted by Crippen LogP contribution is 2.38. The fraction of sp³-hybridized carbons (Fsp3) is 0.333. The van der Waals surface area contributed by atoms with Crippen LogP contribution in [0.4, 0.5) is 0 Å². The zero-order valence-corrected chi connectivity index (χ0v) is 22.8. The Hall–Kier alpha value is -4.40. The number of ether oxygens (including phenoxy) is 2. The fourth-order valence-electron chi connectivity index (χ4n) is 4.52. The standard InChI is InChI=1S/C30H35N5O4/c1-21(2)17-18-31-30(37)28(23-13-10-16-26(38-3)29(23)39-4)34(19-22-11-6-5-7-12-22)27(36)20-35-25-15-9-8-14-24(25)32-33-35/h5-16,21,28H,17-20H2,1-4H3,(H,31,37)/t28-/m0/s1. The number of aromatic nitrogens is 3. The van der Waals surface area contributed by atoms with Crippen LogP contribution in [0, 0.1) is 5.92 Å². The smallest absolute Gasteiger partial charge is 0.247 e. The average Bonchev–Trinajstić information content (AvgIpc) is 3.35. The van der Waals surface area contributed by atoms with Gasteiger partial charge in [-0.2, -0.15) is 0 Å². The molecule has 39 heavy (non-hydrogen) atoms. The number of nitrogens with one attached hydrogen (secondary N) is 1. The first-order chi connectivity index (χ1) is 18.9. The molecule has 1 N–H and O–H groups in total. The van der Waals surface area contributed by atoms with Crippen molar-refractivity contribution in [2.45, 2.75) is 39.4 Å². The number of rotatable bonds is 12. The van der Waals surface area contributed by atoms with Crippen molar-refractivity contribution < 1.29 is 19.1 Å². The van der Waals surface area contributed by atoms with E-state index in [4.69, 9.17) is 9.47 Å². The molecule has 9 nitrogen and oxygen atoms in total. The first-order valence-corrected chi connectivity index (χ1v) is 13.0. The van der Waals surface area contributed by atoms with Crippen LogP contribution in [0.5, 0.6) is 11.5 Å². The maximum atomic E-state index is 14.1. The lowest BCUT2D eigenvalue weighted by Gasteiger charge is -2.32. The van der Waals surface area contributed by atoms with Gasteiger partial charge >= 0.3 is 0 Å². The predicted molar refractivity (Wildman–Crippen MR) is 149 cm³/mol. The summed E-state index contributed by atoms with van der Waals surface area (Å²) in [6.45, 7) is 4.80. The van der Waals surface area contributed by atoms with Gasteiger partial charge in [0.15, 0.2) is 11.5 Å². The minimum atomic E-state index is -0.982. The van der Waals surface area contributed by atoms with Crippen molar-refractivity contribution in [3.8, 4) is 11.5 Å². The van der Waals surface area contributed by atoms with Crippen LogP contribution in [-0.2, 0) is 22.7 Å². The first kappa shape index (κ1) is 27.6. The molecule has 0 spiro atoms. The molecule has 1 heterocycles. The summed E-state index contributed by atoms with van der Waals surface area (Å²) in [7, 11) is 3.07. The summed E-state index contributed by atoms with van der Waals surface area (Å²) in [6, 6.07) is 21.4. The Morgan fingerprint density at radius 3 is 2.41 bits per heavy atom. The highest BCUT2D eigenvalue weighted by atomic mass is 16.5. The monoisotopic (exact) mass is 529 g/mol. The summed E-state index contributed by atoms with van der Waals surface area (Å²) in [5.41, 5.74) is 2.85. The molecule has 0 aliphatic carbocycles. The second kappa shape index (κ2) is 12.9. The number of amides is 2. The van der Waals surface area contributed by atoms with Crippen molar-refractivity contribution in [1.29, 1.82) is 0 Å². The van der Waals surface area contributed by atoms with Crippen LogP contribution in [0.25, 0.3) is 11.0 Å². The number of carbonyl (C=O) groups is 2. The Balaban J connectivity index is 1.79. The molecule has 204 valence electrons. The number of fused-ring (bicyclic) bond motifs is 1. The van der Waals surface area contributed by atoms with E-state index in [1.807, 2.05) is 54.6 Å². The van der Waals surface area contributed by atoms with E-state index in [2.05, 4.69) is 29.5 Å². The number of hydrogen-bond acceptors (Lipinski definition) is 6. The molecule has 4 rings (SSSR count). The van der Waals surface area contributed by atoms with Crippen molar-refractivity contribution in [2.24, 2.45) is 5.92 Å². The topological polar surface area (TPSA) is 98.6 Å². The van der Waals surface area contributed by atoms with Gasteiger partial charge in [0.2, 0.25) is 11.8 Å². The van der Waals surface area contributed by atoms with Gasteiger partial charge in [0.25, 0.3) is 0 Å². The minimum absolute atomic E-state index is 0.0879. The molecule has 0 bridgehead atoms. The van der Waals surface area contributed by atoms with E-state index in [9.17, 15) is 9.59 Å². The summed E-state index contributed by atoms with van der Waals surface area (Å²) in [5, 5.41) is 11.4. The van der Waals surface area contributed by atoms with Gasteiger partial charge in [-0.1, -0.05) is 73.7 Å². The second-order valence-electron chi connectivity index (χ2n) is 9.70. The number of para-hydroxylation sites is 2. The normalized spacial score (nSPS) is 11.8. The molecule has 0 fully saturated rings. The Morgan fingerprint density at radius 2 is 1.69 bits per heavy atom.